The molecule has 0 N–H and O–H groups in total. The van der Waals surface area contributed by atoms with E-state index in [1.807, 2.05) is 38.2 Å². The molecule has 0 saturated heterocycles. The molecule has 0 unspecified atom stereocenters. The third-order valence-corrected chi connectivity index (χ3v) is 4.02. The van der Waals surface area contributed by atoms with Gasteiger partial charge in [-0.2, -0.15) is 0 Å². The maximum atomic E-state index is 2.21. The standard InChI is InChI=1S/C10H14.C9H12.C6H10/c1-3-9-7-5-6-8-10(9)4-2;1-3-9-7-5-4-6-8(9)2;1-3-5-6-4-2/h5-8H,3-4H2,1-2H3;4-7H,3H2,1-2H3;3-6H,1-2H3/b;;5-3-,6-4-. The minimum Gasteiger partial charge on any atom is -0.0877 e. The number of rotatable bonds is 4. The maximum Gasteiger partial charge on any atom is -0.0305 e. The van der Waals surface area contributed by atoms with Gasteiger partial charge in [-0.15, -0.1) is 0 Å². The topological polar surface area (TPSA) is 0 Å². The predicted octanol–water partition coefficient (Wildman–Crippen LogP) is 7.51. The van der Waals surface area contributed by atoms with Crippen LogP contribution in [0.1, 0.15) is 56.9 Å². The highest BCUT2D eigenvalue weighted by molar-refractivity contribution is 5.26. The lowest BCUT2D eigenvalue weighted by Crippen LogP contribution is -1.88. The van der Waals surface area contributed by atoms with Crippen LogP contribution >= 0.6 is 0 Å². The van der Waals surface area contributed by atoms with Crippen LogP contribution in [0.3, 0.4) is 0 Å². The van der Waals surface area contributed by atoms with Crippen molar-refractivity contribution in [2.24, 2.45) is 0 Å². The van der Waals surface area contributed by atoms with Gasteiger partial charge in [-0.1, -0.05) is 93.6 Å². The highest BCUT2D eigenvalue weighted by atomic mass is 14.0. The molecule has 0 aromatic heterocycles. The minimum atomic E-state index is 1.15. The molecule has 0 atom stereocenters. The molecule has 0 spiro atoms. The van der Waals surface area contributed by atoms with E-state index in [0.717, 1.165) is 19.3 Å². The summed E-state index contributed by atoms with van der Waals surface area (Å²) in [5.74, 6) is 0. The number of benzene rings is 2. The molecule has 0 radical (unpaired) electrons. The highest BCUT2D eigenvalue weighted by Gasteiger charge is 1.94. The molecule has 0 amide bonds. The fourth-order valence-electron chi connectivity index (χ4n) is 2.48. The normalized spacial score (nSPS) is 10.2. The third kappa shape index (κ3) is 10.4. The Hall–Kier alpha value is -2.08. The summed E-state index contributed by atoms with van der Waals surface area (Å²) < 4.78 is 0. The molecule has 2 rings (SSSR count). The Balaban J connectivity index is 0.000000358. The highest BCUT2D eigenvalue weighted by Crippen LogP contribution is 2.09. The molecule has 0 aliphatic heterocycles. The van der Waals surface area contributed by atoms with Crippen LogP contribution in [0.5, 0.6) is 0 Å². The molecule has 0 nitrogen and oxygen atoms in total. The molecule has 0 fully saturated rings. The van der Waals surface area contributed by atoms with Gasteiger partial charge in [-0.3, -0.25) is 0 Å². The maximum absolute atomic E-state index is 2.21. The third-order valence-electron chi connectivity index (χ3n) is 4.02. The van der Waals surface area contributed by atoms with Gasteiger partial charge in [0.15, 0.2) is 0 Å². The van der Waals surface area contributed by atoms with Crippen molar-refractivity contribution in [3.63, 3.8) is 0 Å². The van der Waals surface area contributed by atoms with E-state index < -0.39 is 0 Å². The molecule has 0 heterocycles. The van der Waals surface area contributed by atoms with Crippen LogP contribution in [0.2, 0.25) is 0 Å². The summed E-state index contributed by atoms with van der Waals surface area (Å²) in [6, 6.07) is 17.1. The first kappa shape index (κ1) is 22.9. The molecular formula is C25H36. The first-order chi connectivity index (χ1) is 12.1. The van der Waals surface area contributed by atoms with Crippen molar-refractivity contribution in [1.82, 2.24) is 0 Å². The smallest absolute Gasteiger partial charge is 0.0305 e. The van der Waals surface area contributed by atoms with Crippen molar-refractivity contribution >= 4 is 0 Å². The van der Waals surface area contributed by atoms with Crippen molar-refractivity contribution in [2.45, 2.75) is 60.8 Å². The van der Waals surface area contributed by atoms with Crippen LogP contribution in [0.25, 0.3) is 0 Å². The molecule has 0 aliphatic rings. The quantitative estimate of drug-likeness (QED) is 0.507. The first-order valence-electron chi connectivity index (χ1n) is 9.49. The SMILES string of the molecule is C/C=C\C=C/C.CCc1ccccc1C.CCc1ccccc1CC. The van der Waals surface area contributed by atoms with Gasteiger partial charge in [0, 0.05) is 0 Å². The molecule has 0 saturated carbocycles. The Morgan fingerprint density at radius 3 is 1.24 bits per heavy atom. The number of allylic oxidation sites excluding steroid dienone is 4. The molecule has 0 bridgehead atoms. The fourth-order valence-corrected chi connectivity index (χ4v) is 2.48. The van der Waals surface area contributed by atoms with Crippen LogP contribution in [0.15, 0.2) is 72.8 Å². The van der Waals surface area contributed by atoms with Crippen LogP contribution < -0.4 is 0 Å². The van der Waals surface area contributed by atoms with Crippen molar-refractivity contribution in [3.8, 4) is 0 Å². The molecule has 2 aromatic rings. The molecule has 0 aliphatic carbocycles. The first-order valence-corrected chi connectivity index (χ1v) is 9.49. The Bertz CT molecular complexity index is 584. The van der Waals surface area contributed by atoms with E-state index in [-0.39, 0.29) is 0 Å². The van der Waals surface area contributed by atoms with Gasteiger partial charge in [-0.25, -0.2) is 0 Å². The molecule has 0 heteroatoms. The zero-order valence-corrected chi connectivity index (χ0v) is 17.0. The summed E-state index contributed by atoms with van der Waals surface area (Å²) in [6.07, 6.45) is 11.5. The average Bonchev–Trinajstić information content (AvgIpc) is 2.67. The van der Waals surface area contributed by atoms with Gasteiger partial charge in [0.05, 0.1) is 0 Å². The van der Waals surface area contributed by atoms with E-state index in [4.69, 9.17) is 0 Å². The van der Waals surface area contributed by atoms with Gasteiger partial charge in [0.2, 0.25) is 0 Å². The van der Waals surface area contributed by atoms with Crippen LogP contribution in [0.4, 0.5) is 0 Å². The lowest BCUT2D eigenvalue weighted by atomic mass is 10.0. The summed E-state index contributed by atoms with van der Waals surface area (Å²) in [5, 5.41) is 0. The summed E-state index contributed by atoms with van der Waals surface area (Å²) in [7, 11) is 0. The van der Waals surface area contributed by atoms with Crippen molar-refractivity contribution < 1.29 is 0 Å². The minimum absolute atomic E-state index is 1.15. The van der Waals surface area contributed by atoms with Crippen LogP contribution in [-0.4, -0.2) is 0 Å². The molecule has 25 heavy (non-hydrogen) atoms. The van der Waals surface area contributed by atoms with Gasteiger partial charge in [0.25, 0.3) is 0 Å². The number of aryl methyl sites for hydroxylation is 4. The Labute approximate surface area is 156 Å². The Kier molecular flexibility index (Phi) is 14.2. The number of hydrogen-bond acceptors (Lipinski definition) is 0. The summed E-state index contributed by atoms with van der Waals surface area (Å²) in [6.45, 7) is 12.7. The largest absolute Gasteiger partial charge is 0.0877 e. The van der Waals surface area contributed by atoms with Gasteiger partial charge < -0.3 is 0 Å². The second-order valence-electron chi connectivity index (χ2n) is 5.81. The molecular weight excluding hydrogens is 300 g/mol. The lowest BCUT2D eigenvalue weighted by Gasteiger charge is -2.02. The monoisotopic (exact) mass is 336 g/mol. The zero-order valence-electron chi connectivity index (χ0n) is 17.0. The van der Waals surface area contributed by atoms with E-state index in [2.05, 4.69) is 76.2 Å². The molecule has 136 valence electrons. The van der Waals surface area contributed by atoms with Crippen molar-refractivity contribution in [3.05, 3.63) is 95.1 Å². The summed E-state index contributed by atoms with van der Waals surface area (Å²) >= 11 is 0. The van der Waals surface area contributed by atoms with Crippen LogP contribution in [0, 0.1) is 6.92 Å². The number of hydrogen-bond donors (Lipinski definition) is 0. The summed E-state index contributed by atoms with van der Waals surface area (Å²) in [5.41, 5.74) is 5.84. The van der Waals surface area contributed by atoms with Gasteiger partial charge in [-0.05, 0) is 62.3 Å². The summed E-state index contributed by atoms with van der Waals surface area (Å²) in [4.78, 5) is 0. The lowest BCUT2D eigenvalue weighted by molar-refractivity contribution is 1.04. The molecule has 2 aromatic carbocycles. The zero-order chi connectivity index (χ0) is 18.9. The van der Waals surface area contributed by atoms with Gasteiger partial charge >= 0.3 is 0 Å². The second-order valence-corrected chi connectivity index (χ2v) is 5.81. The van der Waals surface area contributed by atoms with E-state index in [9.17, 15) is 0 Å². The van der Waals surface area contributed by atoms with E-state index in [0.29, 0.717) is 0 Å². The predicted molar refractivity (Wildman–Crippen MR) is 115 cm³/mol. The second kappa shape index (κ2) is 15.4. The van der Waals surface area contributed by atoms with E-state index in [1.165, 1.54) is 22.3 Å². The van der Waals surface area contributed by atoms with Crippen molar-refractivity contribution in [2.75, 3.05) is 0 Å². The van der Waals surface area contributed by atoms with Crippen LogP contribution in [-0.2, 0) is 19.3 Å². The average molecular weight is 337 g/mol. The van der Waals surface area contributed by atoms with E-state index in [1.54, 1.807) is 0 Å². The van der Waals surface area contributed by atoms with E-state index >= 15 is 0 Å². The van der Waals surface area contributed by atoms with Crippen molar-refractivity contribution in [1.29, 1.82) is 0 Å². The fraction of sp³-hybridized carbons (Fsp3) is 0.360. The Morgan fingerprint density at radius 1 is 0.600 bits per heavy atom. The Morgan fingerprint density at radius 2 is 0.960 bits per heavy atom. The van der Waals surface area contributed by atoms with Gasteiger partial charge in [0.1, 0.15) is 0 Å².